The Morgan fingerprint density at radius 1 is 1.18 bits per heavy atom. The third kappa shape index (κ3) is 4.03. The number of halogens is 1. The zero-order valence-electron chi connectivity index (χ0n) is 15.3. The van der Waals surface area contributed by atoms with Crippen molar-refractivity contribution < 1.29 is 13.7 Å². The van der Waals surface area contributed by atoms with Gasteiger partial charge in [0.05, 0.1) is 12.3 Å². The smallest absolute Gasteiger partial charge is 0.231 e. The van der Waals surface area contributed by atoms with E-state index in [1.165, 1.54) is 12.1 Å². The minimum atomic E-state index is -0.310. The molecule has 6 nitrogen and oxygen atoms in total. The molecule has 28 heavy (non-hydrogen) atoms. The topological polar surface area (TPSA) is 85.3 Å². The summed E-state index contributed by atoms with van der Waals surface area (Å²) in [5, 5.41) is 4.01. The van der Waals surface area contributed by atoms with E-state index < -0.39 is 0 Å². The Bertz CT molecular complexity index is 953. The van der Waals surface area contributed by atoms with Crippen molar-refractivity contribution >= 4 is 11.6 Å². The number of nitrogen functional groups attached to an aromatic ring is 1. The Morgan fingerprint density at radius 3 is 2.68 bits per heavy atom. The third-order valence-electron chi connectivity index (χ3n) is 5.00. The summed E-state index contributed by atoms with van der Waals surface area (Å²) in [7, 11) is 0. The molecule has 1 saturated heterocycles. The van der Waals surface area contributed by atoms with Gasteiger partial charge in [-0.1, -0.05) is 17.3 Å². The van der Waals surface area contributed by atoms with Gasteiger partial charge in [0.15, 0.2) is 0 Å². The molecule has 1 aromatic heterocycles. The first-order valence-electron chi connectivity index (χ1n) is 9.30. The molecule has 4 rings (SSSR count). The highest BCUT2D eigenvalue weighted by atomic mass is 19.1. The van der Waals surface area contributed by atoms with Crippen molar-refractivity contribution in [2.75, 3.05) is 18.8 Å². The lowest BCUT2D eigenvalue weighted by Gasteiger charge is -2.31. The summed E-state index contributed by atoms with van der Waals surface area (Å²) in [5.74, 6) is 0.721. The quantitative estimate of drug-likeness (QED) is 0.701. The summed E-state index contributed by atoms with van der Waals surface area (Å²) in [4.78, 5) is 19.0. The van der Waals surface area contributed by atoms with Gasteiger partial charge < -0.3 is 15.2 Å². The number of rotatable bonds is 4. The number of hydrogen-bond acceptors (Lipinski definition) is 5. The Kier molecular flexibility index (Phi) is 5.06. The van der Waals surface area contributed by atoms with Crippen molar-refractivity contribution in [2.45, 2.75) is 25.2 Å². The van der Waals surface area contributed by atoms with Gasteiger partial charge in [0.1, 0.15) is 5.82 Å². The summed E-state index contributed by atoms with van der Waals surface area (Å²) in [6.45, 7) is 1.28. The Hall–Kier alpha value is -3.22. The van der Waals surface area contributed by atoms with Crippen LogP contribution in [-0.4, -0.2) is 34.0 Å². The maximum Gasteiger partial charge on any atom is 0.231 e. The SMILES string of the molecule is Nc1ccc(CC(=O)N2CCCC(c3nc(-c4ccc(F)cc4)no3)C2)cc1. The largest absolute Gasteiger partial charge is 0.399 e. The van der Waals surface area contributed by atoms with Crippen LogP contribution in [0.2, 0.25) is 0 Å². The Morgan fingerprint density at radius 2 is 1.93 bits per heavy atom. The summed E-state index contributed by atoms with van der Waals surface area (Å²) in [6, 6.07) is 13.3. The molecule has 2 N–H and O–H groups in total. The standard InChI is InChI=1S/C21H21FN4O2/c22-17-7-5-15(6-8-17)20-24-21(28-25-20)16-2-1-11-26(13-16)19(27)12-14-3-9-18(23)10-4-14/h3-10,16H,1-2,11-13,23H2. The molecule has 1 unspecified atom stereocenters. The first-order chi connectivity index (χ1) is 13.6. The van der Waals surface area contributed by atoms with Crippen LogP contribution in [0.1, 0.15) is 30.2 Å². The number of carbonyl (C=O) groups excluding carboxylic acids is 1. The van der Waals surface area contributed by atoms with Crippen molar-refractivity contribution in [2.24, 2.45) is 0 Å². The Labute approximate surface area is 162 Å². The molecule has 3 aromatic rings. The van der Waals surface area contributed by atoms with Crippen LogP contribution in [0.25, 0.3) is 11.4 Å². The molecular formula is C21H21FN4O2. The summed E-state index contributed by atoms with van der Waals surface area (Å²) in [5.41, 5.74) is 8.02. The van der Waals surface area contributed by atoms with E-state index in [-0.39, 0.29) is 17.6 Å². The van der Waals surface area contributed by atoms with Crippen molar-refractivity contribution in [3.63, 3.8) is 0 Å². The molecule has 0 aliphatic carbocycles. The van der Waals surface area contributed by atoms with E-state index in [4.69, 9.17) is 10.3 Å². The number of nitrogens with zero attached hydrogens (tertiary/aromatic N) is 3. The molecule has 2 heterocycles. The molecule has 7 heteroatoms. The number of amides is 1. The second-order valence-corrected chi connectivity index (χ2v) is 7.06. The van der Waals surface area contributed by atoms with Crippen LogP contribution in [-0.2, 0) is 11.2 Å². The molecule has 2 aromatic carbocycles. The number of aromatic nitrogens is 2. The van der Waals surface area contributed by atoms with Gasteiger partial charge in [-0.3, -0.25) is 4.79 Å². The minimum absolute atomic E-state index is 0.00539. The number of piperidine rings is 1. The lowest BCUT2D eigenvalue weighted by Crippen LogP contribution is -2.40. The molecule has 1 aliphatic heterocycles. The lowest BCUT2D eigenvalue weighted by molar-refractivity contribution is -0.131. The fraction of sp³-hybridized carbons (Fsp3) is 0.286. The number of anilines is 1. The fourth-order valence-electron chi connectivity index (χ4n) is 3.44. The summed E-state index contributed by atoms with van der Waals surface area (Å²) in [6.07, 6.45) is 2.11. The fourth-order valence-corrected chi connectivity index (χ4v) is 3.44. The predicted octanol–water partition coefficient (Wildman–Crippen LogP) is 3.41. The van der Waals surface area contributed by atoms with E-state index in [1.807, 2.05) is 17.0 Å². The van der Waals surface area contributed by atoms with Gasteiger partial charge in [0.25, 0.3) is 0 Å². The van der Waals surface area contributed by atoms with E-state index >= 15 is 0 Å². The van der Waals surface area contributed by atoms with Gasteiger partial charge in [-0.2, -0.15) is 4.98 Å². The molecule has 1 amide bonds. The molecular weight excluding hydrogens is 359 g/mol. The average molecular weight is 380 g/mol. The van der Waals surface area contributed by atoms with Gasteiger partial charge >= 0.3 is 0 Å². The third-order valence-corrected chi connectivity index (χ3v) is 5.00. The molecule has 1 aliphatic rings. The monoisotopic (exact) mass is 380 g/mol. The van der Waals surface area contributed by atoms with E-state index in [2.05, 4.69) is 10.1 Å². The molecule has 0 radical (unpaired) electrons. The summed E-state index contributed by atoms with van der Waals surface area (Å²) >= 11 is 0. The highest BCUT2D eigenvalue weighted by molar-refractivity contribution is 5.79. The van der Waals surface area contributed by atoms with Crippen LogP contribution in [0.15, 0.2) is 53.1 Å². The van der Waals surface area contributed by atoms with Crippen LogP contribution in [0.3, 0.4) is 0 Å². The van der Waals surface area contributed by atoms with E-state index in [1.54, 1.807) is 24.3 Å². The minimum Gasteiger partial charge on any atom is -0.399 e. The first-order valence-corrected chi connectivity index (χ1v) is 9.30. The van der Waals surface area contributed by atoms with Gasteiger partial charge in [0.2, 0.25) is 17.6 Å². The normalized spacial score (nSPS) is 16.9. The molecule has 1 fully saturated rings. The number of hydrogen-bond donors (Lipinski definition) is 1. The summed E-state index contributed by atoms with van der Waals surface area (Å²) < 4.78 is 18.5. The molecule has 0 saturated carbocycles. The van der Waals surface area contributed by atoms with Crippen molar-refractivity contribution in [3.8, 4) is 11.4 Å². The number of likely N-dealkylation sites (tertiary alicyclic amines) is 1. The van der Waals surface area contributed by atoms with E-state index in [0.717, 1.165) is 24.9 Å². The lowest BCUT2D eigenvalue weighted by atomic mass is 9.97. The number of nitrogens with two attached hydrogens (primary N) is 1. The van der Waals surface area contributed by atoms with Crippen molar-refractivity contribution in [1.29, 1.82) is 0 Å². The molecule has 144 valence electrons. The molecule has 0 spiro atoms. The Balaban J connectivity index is 1.43. The molecule has 1 atom stereocenters. The average Bonchev–Trinajstić information content (AvgIpc) is 3.21. The van der Waals surface area contributed by atoms with Gasteiger partial charge in [-0.05, 0) is 54.8 Å². The van der Waals surface area contributed by atoms with Gasteiger partial charge in [-0.15, -0.1) is 0 Å². The van der Waals surface area contributed by atoms with Crippen molar-refractivity contribution in [3.05, 3.63) is 65.8 Å². The second kappa shape index (κ2) is 7.80. The maximum atomic E-state index is 13.1. The zero-order valence-corrected chi connectivity index (χ0v) is 15.3. The second-order valence-electron chi connectivity index (χ2n) is 7.06. The number of benzene rings is 2. The highest BCUT2D eigenvalue weighted by Crippen LogP contribution is 2.28. The first kappa shape index (κ1) is 18.2. The van der Waals surface area contributed by atoms with Gasteiger partial charge in [-0.25, -0.2) is 4.39 Å². The van der Waals surface area contributed by atoms with Crippen LogP contribution in [0.4, 0.5) is 10.1 Å². The van der Waals surface area contributed by atoms with Crippen molar-refractivity contribution in [1.82, 2.24) is 15.0 Å². The molecule has 0 bridgehead atoms. The number of carbonyl (C=O) groups is 1. The maximum absolute atomic E-state index is 13.1. The van der Waals surface area contributed by atoms with Crippen LogP contribution >= 0.6 is 0 Å². The van der Waals surface area contributed by atoms with E-state index in [9.17, 15) is 9.18 Å². The zero-order chi connectivity index (χ0) is 19.5. The predicted molar refractivity (Wildman–Crippen MR) is 103 cm³/mol. The van der Waals surface area contributed by atoms with Crippen LogP contribution in [0.5, 0.6) is 0 Å². The van der Waals surface area contributed by atoms with E-state index in [0.29, 0.717) is 35.9 Å². The highest BCUT2D eigenvalue weighted by Gasteiger charge is 2.28. The van der Waals surface area contributed by atoms with Crippen LogP contribution in [0, 0.1) is 5.82 Å². The van der Waals surface area contributed by atoms with Crippen LogP contribution < -0.4 is 5.73 Å². The van der Waals surface area contributed by atoms with Gasteiger partial charge in [0, 0.05) is 24.3 Å².